The lowest BCUT2D eigenvalue weighted by molar-refractivity contribution is -0.401. The second-order valence-electron chi connectivity index (χ2n) is 13.8. The Balaban J connectivity index is 2.88. The Morgan fingerprint density at radius 3 is 0.909 bits per heavy atom. The molecule has 2 fully saturated rings. The quantitative estimate of drug-likeness (QED) is 0.161. The minimum atomic E-state index is -7.15. The summed E-state index contributed by atoms with van der Waals surface area (Å²) in [5, 5.41) is 28.6. The van der Waals surface area contributed by atoms with Gasteiger partial charge in [0, 0.05) is 0 Å². The summed E-state index contributed by atoms with van der Waals surface area (Å²) in [6.07, 6.45) is -78.4. The van der Waals surface area contributed by atoms with Crippen molar-refractivity contribution in [3.05, 3.63) is 0 Å². The third kappa shape index (κ3) is 9.56. The van der Waals surface area contributed by atoms with Crippen LogP contribution in [0.4, 0.5) is 105 Å². The number of hydrogen-bond acceptors (Lipinski definition) is 4. The van der Waals surface area contributed by atoms with Crippen molar-refractivity contribution in [1.29, 1.82) is 0 Å². The van der Waals surface area contributed by atoms with E-state index in [1.807, 2.05) is 0 Å². The van der Waals surface area contributed by atoms with Crippen molar-refractivity contribution in [1.82, 2.24) is 0 Å². The molecule has 4 nitrogen and oxygen atoms in total. The van der Waals surface area contributed by atoms with Crippen LogP contribution in [0.2, 0.25) is 0 Å². The van der Waals surface area contributed by atoms with Crippen LogP contribution in [0.5, 0.6) is 0 Å². The molecule has 2 aliphatic carbocycles. The monoisotopic (exact) mass is 872 g/mol. The van der Waals surface area contributed by atoms with Crippen LogP contribution in [0, 0.1) is 23.7 Å². The van der Waals surface area contributed by atoms with Crippen molar-refractivity contribution in [3.63, 3.8) is 0 Å². The van der Waals surface area contributed by atoms with Gasteiger partial charge in [0.2, 0.25) is 0 Å². The van der Waals surface area contributed by atoms with Crippen molar-refractivity contribution in [3.8, 4) is 0 Å². The number of aliphatic hydroxyl groups is 3. The van der Waals surface area contributed by atoms with Crippen molar-refractivity contribution in [2.24, 2.45) is 23.7 Å². The maximum Gasteiger partial charge on any atom is 0.426 e. The van der Waals surface area contributed by atoms with Crippen molar-refractivity contribution in [2.45, 2.75) is 142 Å². The van der Waals surface area contributed by atoms with Crippen LogP contribution in [0.25, 0.3) is 0 Å². The molecular formula is C27H28F24O4. The maximum absolute atomic E-state index is 14.5. The highest BCUT2D eigenvalue weighted by atomic mass is 19.4. The van der Waals surface area contributed by atoms with Gasteiger partial charge in [0.1, 0.15) is 0 Å². The van der Waals surface area contributed by atoms with Crippen molar-refractivity contribution >= 4 is 0 Å². The van der Waals surface area contributed by atoms with Gasteiger partial charge in [-0.3, -0.25) is 0 Å². The molecule has 0 aromatic rings. The minimum absolute atomic E-state index is 0.0912. The average Bonchev–Trinajstić information content (AvgIpc) is 3.53. The normalized spacial score (nSPS) is 22.6. The molecule has 0 amide bonds. The Bertz CT molecular complexity index is 1190. The van der Waals surface area contributed by atoms with E-state index in [1.165, 1.54) is 0 Å². The van der Waals surface area contributed by atoms with Gasteiger partial charge in [-0.1, -0.05) is 0 Å². The summed E-state index contributed by atoms with van der Waals surface area (Å²) >= 11 is 0. The molecule has 28 heteroatoms. The second kappa shape index (κ2) is 14.8. The SMILES string of the molecule is OC(CC(CCC(CC(O)(C(F)(F)F)C(F)(F)F)CC(OC1CC2CCC1C2)(C(F)(F)F)C(F)(F)F)CC(O)(C(F)(F)F)C(F)(F)F)(C(F)(F)F)C(F)(F)F. The first-order valence-corrected chi connectivity index (χ1v) is 15.3. The fraction of sp³-hybridized carbons (Fsp3) is 1.00. The van der Waals surface area contributed by atoms with Crippen molar-refractivity contribution in [2.75, 3.05) is 0 Å². The summed E-state index contributed by atoms with van der Waals surface area (Å²) in [5.74, 6) is -9.55. The van der Waals surface area contributed by atoms with Crippen LogP contribution in [0.1, 0.15) is 64.2 Å². The summed E-state index contributed by atoms with van der Waals surface area (Å²) in [7, 11) is 0. The van der Waals surface area contributed by atoms with E-state index in [9.17, 15) is 121 Å². The molecule has 328 valence electrons. The van der Waals surface area contributed by atoms with Crippen LogP contribution in [0.15, 0.2) is 0 Å². The number of ether oxygens (including phenoxy) is 1. The number of fused-ring (bicyclic) bond motifs is 2. The number of rotatable bonds is 13. The average molecular weight is 872 g/mol. The zero-order valence-corrected chi connectivity index (χ0v) is 26.8. The van der Waals surface area contributed by atoms with Crippen LogP contribution in [0.3, 0.4) is 0 Å². The smallest absolute Gasteiger partial charge is 0.374 e. The second-order valence-corrected chi connectivity index (χ2v) is 13.8. The van der Waals surface area contributed by atoms with Gasteiger partial charge in [-0.2, -0.15) is 105 Å². The zero-order valence-electron chi connectivity index (χ0n) is 26.8. The minimum Gasteiger partial charge on any atom is -0.374 e. The molecule has 0 radical (unpaired) electrons. The molecule has 2 rings (SSSR count). The molecule has 2 aliphatic rings. The topological polar surface area (TPSA) is 69.9 Å². The van der Waals surface area contributed by atoms with Crippen LogP contribution < -0.4 is 0 Å². The Kier molecular flexibility index (Phi) is 13.2. The maximum atomic E-state index is 14.5. The standard InChI is InChI=1S/C27H28F24O4/c28-20(29,30)16(52,21(31,32)33)7-12(8-17(53,22(34,35)36)23(37,38)39)1-2-13(9-18(54,24(40,41)42)25(43,44)45)10-19(26(46,47)48,27(49,50)51)55-15-6-11-3-4-14(15)5-11/h11-15,52-54H,1-10H2. The van der Waals surface area contributed by atoms with E-state index < -0.39 is 147 Å². The number of hydrogen-bond donors (Lipinski definition) is 3. The zero-order chi connectivity index (χ0) is 43.7. The highest BCUT2D eigenvalue weighted by Gasteiger charge is 2.77. The van der Waals surface area contributed by atoms with Crippen LogP contribution >= 0.6 is 0 Å². The Morgan fingerprint density at radius 1 is 0.400 bits per heavy atom. The fourth-order valence-electron chi connectivity index (χ4n) is 7.02. The largest absolute Gasteiger partial charge is 0.426 e. The first-order chi connectivity index (χ1) is 23.9. The molecule has 2 saturated carbocycles. The summed E-state index contributed by atoms with van der Waals surface area (Å²) in [5.41, 5.74) is -25.1. The molecule has 4 unspecified atom stereocenters. The third-order valence-corrected chi connectivity index (χ3v) is 10.1. The molecule has 0 aromatic heterocycles. The van der Waals surface area contributed by atoms with Crippen molar-refractivity contribution < 1.29 is 125 Å². The van der Waals surface area contributed by atoms with Crippen LogP contribution in [-0.2, 0) is 4.74 Å². The van der Waals surface area contributed by atoms with Crippen LogP contribution in [-0.4, -0.2) is 93.2 Å². The van der Waals surface area contributed by atoms with E-state index in [4.69, 9.17) is 0 Å². The van der Waals surface area contributed by atoms with Gasteiger partial charge in [-0.05, 0) is 87.9 Å². The molecule has 0 saturated heterocycles. The van der Waals surface area contributed by atoms with E-state index in [2.05, 4.69) is 4.74 Å². The fourth-order valence-corrected chi connectivity index (χ4v) is 7.02. The lowest BCUT2D eigenvalue weighted by Gasteiger charge is -2.44. The van der Waals surface area contributed by atoms with Gasteiger partial charge in [0.15, 0.2) is 0 Å². The van der Waals surface area contributed by atoms with Gasteiger partial charge >= 0.3 is 49.4 Å². The highest BCUT2D eigenvalue weighted by molar-refractivity contribution is 5.05. The molecule has 0 aromatic carbocycles. The van der Waals surface area contributed by atoms with Gasteiger partial charge < -0.3 is 20.1 Å². The van der Waals surface area contributed by atoms with Gasteiger partial charge in [0.25, 0.3) is 22.4 Å². The predicted molar refractivity (Wildman–Crippen MR) is 131 cm³/mol. The van der Waals surface area contributed by atoms with E-state index >= 15 is 0 Å². The highest BCUT2D eigenvalue weighted by Crippen LogP contribution is 2.58. The molecular weight excluding hydrogens is 844 g/mol. The molecule has 2 bridgehead atoms. The van der Waals surface area contributed by atoms with E-state index in [1.54, 1.807) is 0 Å². The first-order valence-electron chi connectivity index (χ1n) is 15.3. The Morgan fingerprint density at radius 2 is 0.691 bits per heavy atom. The molecule has 4 atom stereocenters. The third-order valence-electron chi connectivity index (χ3n) is 10.1. The van der Waals surface area contributed by atoms with Gasteiger partial charge in [0.05, 0.1) is 6.10 Å². The molecule has 0 heterocycles. The lowest BCUT2D eigenvalue weighted by atomic mass is 9.74. The Labute approximate surface area is 292 Å². The molecule has 55 heavy (non-hydrogen) atoms. The first kappa shape index (κ1) is 49.3. The van der Waals surface area contributed by atoms with E-state index in [-0.39, 0.29) is 19.3 Å². The lowest BCUT2D eigenvalue weighted by Crippen LogP contribution is -2.63. The van der Waals surface area contributed by atoms with E-state index in [0.717, 1.165) is 0 Å². The molecule has 0 aliphatic heterocycles. The van der Waals surface area contributed by atoms with E-state index in [0.29, 0.717) is 0 Å². The Hall–Kier alpha value is -1.84. The summed E-state index contributed by atoms with van der Waals surface area (Å²) in [6, 6.07) is 0. The summed E-state index contributed by atoms with van der Waals surface area (Å²) in [6.45, 7) is 0. The number of alkyl halides is 24. The molecule has 0 spiro atoms. The van der Waals surface area contributed by atoms with Gasteiger partial charge in [-0.15, -0.1) is 0 Å². The summed E-state index contributed by atoms with van der Waals surface area (Å²) < 4.78 is 335. The summed E-state index contributed by atoms with van der Waals surface area (Å²) in [4.78, 5) is 0. The van der Waals surface area contributed by atoms with Gasteiger partial charge in [-0.25, -0.2) is 0 Å². The molecule has 3 N–H and O–H groups in total. The number of halogens is 24. The predicted octanol–water partition coefficient (Wildman–Crippen LogP) is 10.2.